The van der Waals surface area contributed by atoms with Gasteiger partial charge in [0.05, 0.1) is 11.0 Å². The van der Waals surface area contributed by atoms with Gasteiger partial charge in [-0.2, -0.15) is 0 Å². The van der Waals surface area contributed by atoms with Gasteiger partial charge in [0.2, 0.25) is 0 Å². The van der Waals surface area contributed by atoms with Crippen LogP contribution in [-0.4, -0.2) is 24.5 Å². The molecule has 1 atom stereocenters. The number of aryl methyl sites for hydroxylation is 2. The quantitative estimate of drug-likeness (QED) is 0.594. The van der Waals surface area contributed by atoms with E-state index >= 15 is 0 Å². The van der Waals surface area contributed by atoms with Gasteiger partial charge in [-0.3, -0.25) is 4.99 Å². The van der Waals surface area contributed by atoms with Gasteiger partial charge in [0.1, 0.15) is 0 Å². The fourth-order valence-corrected chi connectivity index (χ4v) is 3.30. The minimum atomic E-state index is 0.216. The molecule has 4 nitrogen and oxygen atoms in total. The highest BCUT2D eigenvalue weighted by Gasteiger charge is 2.08. The van der Waals surface area contributed by atoms with Gasteiger partial charge in [-0.15, -0.1) is 11.3 Å². The third-order valence-corrected chi connectivity index (χ3v) is 5.25. The predicted octanol–water partition coefficient (Wildman–Crippen LogP) is 3.74. The smallest absolute Gasteiger partial charge is 0.191 e. The standard InChI is InChI=1S/C19H28N4S/c1-5-15-7-9-16(10-8-15)14(3)23-19(20-4)21-12-11-18-22-13-17(6-2)24-18/h7-10,13-14H,5-6,11-12H2,1-4H3,(H2,20,21,23). The lowest BCUT2D eigenvalue weighted by Gasteiger charge is -2.18. The maximum atomic E-state index is 4.45. The van der Waals surface area contributed by atoms with Crippen molar-refractivity contribution in [3.8, 4) is 0 Å². The number of guanidine groups is 1. The van der Waals surface area contributed by atoms with Gasteiger partial charge in [0.25, 0.3) is 0 Å². The summed E-state index contributed by atoms with van der Waals surface area (Å²) in [4.78, 5) is 10.1. The van der Waals surface area contributed by atoms with E-state index in [-0.39, 0.29) is 6.04 Å². The fraction of sp³-hybridized carbons (Fsp3) is 0.474. The molecule has 5 heteroatoms. The molecule has 0 aliphatic carbocycles. The minimum Gasteiger partial charge on any atom is -0.356 e. The summed E-state index contributed by atoms with van der Waals surface area (Å²) in [5.74, 6) is 0.828. The highest BCUT2D eigenvalue weighted by Crippen LogP contribution is 2.14. The van der Waals surface area contributed by atoms with Crippen molar-refractivity contribution >= 4 is 17.3 Å². The van der Waals surface area contributed by atoms with Crippen LogP contribution in [0.1, 0.15) is 47.8 Å². The monoisotopic (exact) mass is 344 g/mol. The molecule has 2 rings (SSSR count). The molecule has 0 radical (unpaired) electrons. The van der Waals surface area contributed by atoms with E-state index < -0.39 is 0 Å². The summed E-state index contributed by atoms with van der Waals surface area (Å²) in [6.07, 6.45) is 5.03. The first-order valence-electron chi connectivity index (χ1n) is 8.65. The average Bonchev–Trinajstić information content (AvgIpc) is 3.08. The molecular weight excluding hydrogens is 316 g/mol. The van der Waals surface area contributed by atoms with E-state index in [0.717, 1.165) is 31.8 Å². The third kappa shape index (κ3) is 5.34. The Morgan fingerprint density at radius 1 is 1.21 bits per heavy atom. The first-order valence-corrected chi connectivity index (χ1v) is 9.47. The Kier molecular flexibility index (Phi) is 7.25. The Labute approximate surface area is 149 Å². The van der Waals surface area contributed by atoms with Crippen molar-refractivity contribution in [3.05, 3.63) is 51.5 Å². The van der Waals surface area contributed by atoms with Crippen LogP contribution < -0.4 is 10.6 Å². The average molecular weight is 345 g/mol. The molecule has 0 spiro atoms. The van der Waals surface area contributed by atoms with Crippen LogP contribution in [0.15, 0.2) is 35.5 Å². The molecule has 0 amide bonds. The SMILES string of the molecule is CCc1ccc(C(C)NC(=NC)NCCc2ncc(CC)s2)cc1. The van der Waals surface area contributed by atoms with Crippen molar-refractivity contribution in [2.75, 3.05) is 13.6 Å². The highest BCUT2D eigenvalue weighted by molar-refractivity contribution is 7.11. The molecule has 1 aromatic carbocycles. The predicted molar refractivity (Wildman–Crippen MR) is 104 cm³/mol. The van der Waals surface area contributed by atoms with Gasteiger partial charge in [-0.05, 0) is 30.9 Å². The largest absolute Gasteiger partial charge is 0.356 e. The number of aromatic nitrogens is 1. The van der Waals surface area contributed by atoms with Gasteiger partial charge in [-0.1, -0.05) is 38.1 Å². The molecule has 24 heavy (non-hydrogen) atoms. The Morgan fingerprint density at radius 3 is 2.54 bits per heavy atom. The number of hydrogen-bond donors (Lipinski definition) is 2. The molecule has 0 bridgehead atoms. The van der Waals surface area contributed by atoms with E-state index in [1.165, 1.54) is 21.0 Å². The van der Waals surface area contributed by atoms with Crippen molar-refractivity contribution in [2.45, 2.75) is 46.1 Å². The van der Waals surface area contributed by atoms with Crippen molar-refractivity contribution in [3.63, 3.8) is 0 Å². The second-order valence-corrected chi connectivity index (χ2v) is 6.98. The van der Waals surface area contributed by atoms with E-state index in [1.54, 1.807) is 18.4 Å². The van der Waals surface area contributed by atoms with Crippen LogP contribution in [0.3, 0.4) is 0 Å². The van der Waals surface area contributed by atoms with E-state index in [1.807, 2.05) is 6.20 Å². The lowest BCUT2D eigenvalue weighted by Crippen LogP contribution is -2.39. The van der Waals surface area contributed by atoms with Crippen molar-refractivity contribution in [2.24, 2.45) is 4.99 Å². The summed E-state index contributed by atoms with van der Waals surface area (Å²) in [6, 6.07) is 8.97. The van der Waals surface area contributed by atoms with E-state index in [4.69, 9.17) is 0 Å². The molecule has 2 N–H and O–H groups in total. The molecule has 1 heterocycles. The van der Waals surface area contributed by atoms with Crippen LogP contribution >= 0.6 is 11.3 Å². The Balaban J connectivity index is 1.82. The highest BCUT2D eigenvalue weighted by atomic mass is 32.1. The van der Waals surface area contributed by atoms with Gasteiger partial charge in [0, 0.05) is 31.1 Å². The first kappa shape index (κ1) is 18.5. The van der Waals surface area contributed by atoms with Crippen molar-refractivity contribution in [1.29, 1.82) is 0 Å². The summed E-state index contributed by atoms with van der Waals surface area (Å²) < 4.78 is 0. The van der Waals surface area contributed by atoms with Gasteiger partial charge in [-0.25, -0.2) is 4.98 Å². The summed E-state index contributed by atoms with van der Waals surface area (Å²) in [5.41, 5.74) is 2.63. The number of thiazole rings is 1. The van der Waals surface area contributed by atoms with Crippen LogP contribution in [0.2, 0.25) is 0 Å². The number of hydrogen-bond acceptors (Lipinski definition) is 3. The normalized spacial score (nSPS) is 12.9. The molecule has 0 aliphatic rings. The zero-order chi connectivity index (χ0) is 17.4. The molecule has 0 saturated carbocycles. The maximum absolute atomic E-state index is 4.45. The fourth-order valence-electron chi connectivity index (χ4n) is 2.44. The number of rotatable bonds is 7. The minimum absolute atomic E-state index is 0.216. The van der Waals surface area contributed by atoms with Crippen LogP contribution in [0.5, 0.6) is 0 Å². The topological polar surface area (TPSA) is 49.3 Å². The summed E-state index contributed by atoms with van der Waals surface area (Å²) >= 11 is 1.79. The Morgan fingerprint density at radius 2 is 1.96 bits per heavy atom. The number of aliphatic imine (C=N–C) groups is 1. The zero-order valence-electron chi connectivity index (χ0n) is 15.1. The zero-order valence-corrected chi connectivity index (χ0v) is 15.9. The molecule has 2 aromatic rings. The molecule has 0 fully saturated rings. The molecule has 130 valence electrons. The maximum Gasteiger partial charge on any atom is 0.191 e. The number of nitrogens with one attached hydrogen (secondary N) is 2. The third-order valence-electron chi connectivity index (χ3n) is 4.05. The lowest BCUT2D eigenvalue weighted by molar-refractivity contribution is 0.683. The molecule has 0 aliphatic heterocycles. The summed E-state index contributed by atoms with van der Waals surface area (Å²) in [7, 11) is 1.81. The second-order valence-electron chi connectivity index (χ2n) is 5.78. The van der Waals surface area contributed by atoms with Crippen LogP contribution in [0.4, 0.5) is 0 Å². The molecule has 0 saturated heterocycles. The van der Waals surface area contributed by atoms with Gasteiger partial charge < -0.3 is 10.6 Å². The van der Waals surface area contributed by atoms with E-state index in [2.05, 4.69) is 65.6 Å². The summed E-state index contributed by atoms with van der Waals surface area (Å²) in [6.45, 7) is 7.32. The van der Waals surface area contributed by atoms with Gasteiger partial charge >= 0.3 is 0 Å². The first-order chi connectivity index (χ1) is 11.7. The van der Waals surface area contributed by atoms with Crippen molar-refractivity contribution in [1.82, 2.24) is 15.6 Å². The molecule has 1 aromatic heterocycles. The summed E-state index contributed by atoms with van der Waals surface area (Å²) in [5, 5.41) is 8.00. The van der Waals surface area contributed by atoms with E-state index in [9.17, 15) is 0 Å². The molecular formula is C19H28N4S. The van der Waals surface area contributed by atoms with Gasteiger partial charge in [0.15, 0.2) is 5.96 Å². The number of benzene rings is 1. The Hall–Kier alpha value is -1.88. The van der Waals surface area contributed by atoms with E-state index in [0.29, 0.717) is 0 Å². The molecule has 1 unspecified atom stereocenters. The van der Waals surface area contributed by atoms with Crippen LogP contribution in [0, 0.1) is 0 Å². The van der Waals surface area contributed by atoms with Crippen molar-refractivity contribution < 1.29 is 0 Å². The second kappa shape index (κ2) is 9.42. The Bertz CT molecular complexity index is 646. The van der Waals surface area contributed by atoms with Crippen LogP contribution in [0.25, 0.3) is 0 Å². The number of nitrogens with zero attached hydrogens (tertiary/aromatic N) is 2. The van der Waals surface area contributed by atoms with Crippen LogP contribution in [-0.2, 0) is 19.3 Å². The lowest BCUT2D eigenvalue weighted by atomic mass is 10.1.